The number of nitrogens with two attached hydrogens (primary N) is 1. The van der Waals surface area contributed by atoms with Crippen molar-refractivity contribution in [3.05, 3.63) is 33.9 Å². The second kappa shape index (κ2) is 5.92. The lowest BCUT2D eigenvalue weighted by molar-refractivity contribution is -0.384. The van der Waals surface area contributed by atoms with E-state index in [0.29, 0.717) is 11.7 Å². The number of benzene rings is 1. The van der Waals surface area contributed by atoms with Crippen molar-refractivity contribution in [2.75, 3.05) is 31.1 Å². The largest absolute Gasteiger partial charge is 0.366 e. The van der Waals surface area contributed by atoms with Crippen molar-refractivity contribution in [3.8, 4) is 0 Å². The molecule has 0 radical (unpaired) electrons. The normalized spacial score (nSPS) is 22.2. The van der Waals surface area contributed by atoms with E-state index in [1.807, 2.05) is 0 Å². The summed E-state index contributed by atoms with van der Waals surface area (Å²) in [5.74, 6) is -0.647. The summed E-state index contributed by atoms with van der Waals surface area (Å²) in [4.78, 5) is 26.7. The molecule has 2 aliphatic heterocycles. The van der Waals surface area contributed by atoms with Crippen LogP contribution in [0.25, 0.3) is 0 Å². The first-order valence-electron chi connectivity index (χ1n) is 7.63. The van der Waals surface area contributed by atoms with E-state index in [0.717, 1.165) is 32.6 Å². The van der Waals surface area contributed by atoms with Gasteiger partial charge < -0.3 is 10.6 Å². The summed E-state index contributed by atoms with van der Waals surface area (Å²) in [5, 5.41) is 11.3. The molecule has 1 aromatic rings. The highest BCUT2D eigenvalue weighted by molar-refractivity contribution is 5.94. The Morgan fingerprint density at radius 3 is 2.82 bits per heavy atom. The van der Waals surface area contributed by atoms with Crippen molar-refractivity contribution in [3.63, 3.8) is 0 Å². The van der Waals surface area contributed by atoms with E-state index in [-0.39, 0.29) is 11.3 Å². The van der Waals surface area contributed by atoms with Gasteiger partial charge in [-0.15, -0.1) is 0 Å². The first-order valence-corrected chi connectivity index (χ1v) is 7.63. The van der Waals surface area contributed by atoms with Gasteiger partial charge in [0.2, 0.25) is 5.91 Å². The van der Waals surface area contributed by atoms with E-state index in [4.69, 9.17) is 5.73 Å². The maximum atomic E-state index is 11.3. The van der Waals surface area contributed by atoms with Gasteiger partial charge >= 0.3 is 0 Å². The van der Waals surface area contributed by atoms with Gasteiger partial charge in [0.25, 0.3) is 5.69 Å². The van der Waals surface area contributed by atoms with Crippen molar-refractivity contribution < 1.29 is 9.72 Å². The molecule has 0 aliphatic carbocycles. The van der Waals surface area contributed by atoms with Crippen LogP contribution in [-0.2, 0) is 0 Å². The maximum absolute atomic E-state index is 11.3. The first-order chi connectivity index (χ1) is 10.6. The molecule has 0 spiro atoms. The molecule has 0 aromatic heterocycles. The van der Waals surface area contributed by atoms with Crippen LogP contribution in [0.1, 0.15) is 29.6 Å². The molecule has 2 saturated heterocycles. The van der Waals surface area contributed by atoms with Crippen LogP contribution < -0.4 is 10.6 Å². The second-order valence-electron chi connectivity index (χ2n) is 5.96. The Morgan fingerprint density at radius 1 is 1.27 bits per heavy atom. The van der Waals surface area contributed by atoms with Crippen LogP contribution in [0.4, 0.5) is 11.4 Å². The van der Waals surface area contributed by atoms with Crippen LogP contribution in [0.2, 0.25) is 0 Å². The zero-order valence-corrected chi connectivity index (χ0v) is 12.4. The number of fused-ring (bicyclic) bond motifs is 1. The van der Waals surface area contributed by atoms with Crippen molar-refractivity contribution in [1.29, 1.82) is 0 Å². The van der Waals surface area contributed by atoms with E-state index in [1.165, 1.54) is 18.9 Å². The third-order valence-corrected chi connectivity index (χ3v) is 4.63. The number of amides is 1. The van der Waals surface area contributed by atoms with E-state index in [9.17, 15) is 14.9 Å². The Balaban J connectivity index is 1.87. The van der Waals surface area contributed by atoms with Crippen LogP contribution in [0, 0.1) is 10.1 Å². The average molecular weight is 304 g/mol. The Kier molecular flexibility index (Phi) is 3.98. The van der Waals surface area contributed by atoms with E-state index < -0.39 is 10.8 Å². The van der Waals surface area contributed by atoms with Gasteiger partial charge in [0.05, 0.1) is 4.92 Å². The lowest BCUT2D eigenvalue weighted by Crippen LogP contribution is -2.55. The maximum Gasteiger partial charge on any atom is 0.293 e. The lowest BCUT2D eigenvalue weighted by Gasteiger charge is -2.44. The Bertz CT molecular complexity index is 604. The molecule has 118 valence electrons. The number of nitro benzene ring substituents is 1. The molecule has 2 heterocycles. The molecule has 1 unspecified atom stereocenters. The summed E-state index contributed by atoms with van der Waals surface area (Å²) >= 11 is 0. The quantitative estimate of drug-likeness (QED) is 0.672. The molecule has 7 nitrogen and oxygen atoms in total. The number of carbonyl (C=O) groups is 1. The molecule has 3 rings (SSSR count). The Labute approximate surface area is 128 Å². The molecule has 1 atom stereocenters. The molecule has 2 fully saturated rings. The predicted molar refractivity (Wildman–Crippen MR) is 83.0 cm³/mol. The predicted octanol–water partition coefficient (Wildman–Crippen LogP) is 1.37. The average Bonchev–Trinajstić information content (AvgIpc) is 2.53. The number of nitro groups is 1. The standard InChI is InChI=1S/C15H20N4O3/c16-15(20)11-4-5-13(14(9-11)19(21)22)18-8-7-17-6-2-1-3-12(17)10-18/h4-5,9,12H,1-3,6-8,10H2,(H2,16,20). The zero-order chi connectivity index (χ0) is 15.7. The van der Waals surface area contributed by atoms with Crippen LogP contribution in [0.15, 0.2) is 18.2 Å². The molecule has 0 bridgehead atoms. The van der Waals surface area contributed by atoms with Gasteiger partial charge in [0.15, 0.2) is 0 Å². The van der Waals surface area contributed by atoms with E-state index in [2.05, 4.69) is 9.80 Å². The number of hydrogen-bond acceptors (Lipinski definition) is 5. The summed E-state index contributed by atoms with van der Waals surface area (Å²) < 4.78 is 0. The number of rotatable bonds is 3. The monoisotopic (exact) mass is 304 g/mol. The highest BCUT2D eigenvalue weighted by Gasteiger charge is 2.31. The van der Waals surface area contributed by atoms with Gasteiger partial charge in [-0.25, -0.2) is 0 Å². The van der Waals surface area contributed by atoms with Crippen molar-refractivity contribution >= 4 is 17.3 Å². The number of primary amides is 1. The molecule has 7 heteroatoms. The van der Waals surface area contributed by atoms with Gasteiger partial charge in [0, 0.05) is 37.3 Å². The Morgan fingerprint density at radius 2 is 2.09 bits per heavy atom. The number of carbonyl (C=O) groups excluding carboxylic acids is 1. The fraction of sp³-hybridized carbons (Fsp3) is 0.533. The number of hydrogen-bond donors (Lipinski definition) is 1. The van der Waals surface area contributed by atoms with Crippen molar-refractivity contribution in [2.45, 2.75) is 25.3 Å². The molecule has 1 aromatic carbocycles. The summed E-state index contributed by atoms with van der Waals surface area (Å²) in [7, 11) is 0. The minimum Gasteiger partial charge on any atom is -0.366 e. The SMILES string of the molecule is NC(=O)c1ccc(N2CCN3CCCCC3C2)c([N+](=O)[O-])c1. The smallest absolute Gasteiger partial charge is 0.293 e. The third-order valence-electron chi connectivity index (χ3n) is 4.63. The van der Waals surface area contributed by atoms with Gasteiger partial charge in [-0.3, -0.25) is 19.8 Å². The highest BCUT2D eigenvalue weighted by Crippen LogP contribution is 2.32. The van der Waals surface area contributed by atoms with E-state index in [1.54, 1.807) is 12.1 Å². The molecular formula is C15H20N4O3. The van der Waals surface area contributed by atoms with Crippen LogP contribution in [0.3, 0.4) is 0 Å². The minimum atomic E-state index is -0.647. The van der Waals surface area contributed by atoms with Gasteiger partial charge in [-0.05, 0) is 31.5 Å². The van der Waals surface area contributed by atoms with Crippen LogP contribution in [-0.4, -0.2) is 48.0 Å². The summed E-state index contributed by atoms with van der Waals surface area (Å²) in [6, 6.07) is 4.97. The van der Waals surface area contributed by atoms with Crippen molar-refractivity contribution in [1.82, 2.24) is 4.90 Å². The number of nitrogens with zero attached hydrogens (tertiary/aromatic N) is 3. The van der Waals surface area contributed by atoms with Gasteiger partial charge in [-0.1, -0.05) is 6.42 Å². The number of piperidine rings is 1. The second-order valence-corrected chi connectivity index (χ2v) is 5.96. The van der Waals surface area contributed by atoms with Gasteiger partial charge in [0.1, 0.15) is 5.69 Å². The van der Waals surface area contributed by atoms with Crippen molar-refractivity contribution in [2.24, 2.45) is 5.73 Å². The third kappa shape index (κ3) is 2.76. The van der Waals surface area contributed by atoms with Gasteiger partial charge in [-0.2, -0.15) is 0 Å². The highest BCUT2D eigenvalue weighted by atomic mass is 16.6. The fourth-order valence-corrected chi connectivity index (χ4v) is 3.47. The van der Waals surface area contributed by atoms with Crippen LogP contribution >= 0.6 is 0 Å². The Hall–Kier alpha value is -2.15. The topological polar surface area (TPSA) is 92.7 Å². The summed E-state index contributed by atoms with van der Waals surface area (Å²) in [5.41, 5.74) is 5.93. The number of piperazine rings is 1. The minimum absolute atomic E-state index is 0.0411. The van der Waals surface area contributed by atoms with E-state index >= 15 is 0 Å². The molecular weight excluding hydrogens is 284 g/mol. The lowest BCUT2D eigenvalue weighted by atomic mass is 9.99. The zero-order valence-electron chi connectivity index (χ0n) is 12.4. The summed E-state index contributed by atoms with van der Waals surface area (Å²) in [6.07, 6.45) is 3.60. The molecule has 0 saturated carbocycles. The number of anilines is 1. The fourth-order valence-electron chi connectivity index (χ4n) is 3.47. The molecule has 2 N–H and O–H groups in total. The molecule has 2 aliphatic rings. The van der Waals surface area contributed by atoms with Crippen LogP contribution in [0.5, 0.6) is 0 Å². The first kappa shape index (κ1) is 14.8. The molecule has 22 heavy (non-hydrogen) atoms. The summed E-state index contributed by atoms with van der Waals surface area (Å²) in [6.45, 7) is 3.63. The molecule has 1 amide bonds.